The number of H-pyrrole nitrogens is 1. The third-order valence-corrected chi connectivity index (χ3v) is 3.78. The van der Waals surface area contributed by atoms with E-state index in [4.69, 9.17) is 0 Å². The van der Waals surface area contributed by atoms with Crippen LogP contribution in [-0.4, -0.2) is 23.6 Å². The van der Waals surface area contributed by atoms with Gasteiger partial charge in [-0.05, 0) is 18.6 Å². The zero-order valence-electron chi connectivity index (χ0n) is 11.4. The topological polar surface area (TPSA) is 31.9 Å². The fourth-order valence-electron chi connectivity index (χ4n) is 2.92. The number of aromatic nitrogens is 2. The van der Waals surface area contributed by atoms with Gasteiger partial charge in [-0.2, -0.15) is 0 Å². The van der Waals surface area contributed by atoms with Crippen molar-refractivity contribution in [2.75, 3.05) is 18.5 Å². The number of anilines is 1. The second-order valence-electron chi connectivity index (χ2n) is 5.85. The van der Waals surface area contributed by atoms with Crippen molar-refractivity contribution in [3.05, 3.63) is 35.8 Å². The Morgan fingerprint density at radius 1 is 1.33 bits per heavy atom. The smallest absolute Gasteiger partial charge is 0.103 e. The van der Waals surface area contributed by atoms with E-state index in [0.717, 1.165) is 18.1 Å². The Balaban J connectivity index is 2.10. The maximum atomic E-state index is 4.27. The average molecular weight is 241 g/mol. The van der Waals surface area contributed by atoms with Gasteiger partial charge in [0.2, 0.25) is 0 Å². The maximum absolute atomic E-state index is 4.27. The van der Waals surface area contributed by atoms with Gasteiger partial charge in [0.25, 0.3) is 0 Å². The van der Waals surface area contributed by atoms with Gasteiger partial charge < -0.3 is 9.88 Å². The van der Waals surface area contributed by atoms with Crippen molar-refractivity contribution >= 4 is 5.69 Å². The molecule has 0 spiro atoms. The van der Waals surface area contributed by atoms with Gasteiger partial charge in [-0.25, -0.2) is 4.98 Å². The average Bonchev–Trinajstić information content (AvgIpc) is 2.82. The normalized spacial score (nSPS) is 17.0. The number of rotatable bonds is 1. The van der Waals surface area contributed by atoms with Crippen molar-refractivity contribution in [2.24, 2.45) is 0 Å². The summed E-state index contributed by atoms with van der Waals surface area (Å²) in [5, 5.41) is 0. The summed E-state index contributed by atoms with van der Waals surface area (Å²) in [6.07, 6.45) is 1.90. The number of aryl methyl sites for hydroxylation is 1. The minimum atomic E-state index is 0.243. The van der Waals surface area contributed by atoms with Crippen molar-refractivity contribution in [1.82, 2.24) is 9.97 Å². The molecule has 18 heavy (non-hydrogen) atoms. The lowest BCUT2D eigenvalue weighted by Gasteiger charge is -2.18. The SMILES string of the molecule is Cc1ncc(-c2ccc3c(c2)N(C)CC3(C)C)[nH]1. The molecule has 2 heterocycles. The monoisotopic (exact) mass is 241 g/mol. The molecule has 0 saturated heterocycles. The van der Waals surface area contributed by atoms with Crippen LogP contribution in [0, 0.1) is 6.92 Å². The van der Waals surface area contributed by atoms with Crippen LogP contribution in [0.5, 0.6) is 0 Å². The van der Waals surface area contributed by atoms with Crippen molar-refractivity contribution in [3.8, 4) is 11.3 Å². The van der Waals surface area contributed by atoms with Gasteiger partial charge in [0.05, 0.1) is 11.9 Å². The van der Waals surface area contributed by atoms with Crippen molar-refractivity contribution < 1.29 is 0 Å². The van der Waals surface area contributed by atoms with Crippen LogP contribution < -0.4 is 4.90 Å². The summed E-state index contributed by atoms with van der Waals surface area (Å²) in [5.41, 5.74) is 5.31. The molecule has 3 nitrogen and oxygen atoms in total. The highest BCUT2D eigenvalue weighted by Crippen LogP contribution is 2.41. The first-order valence-electron chi connectivity index (χ1n) is 6.35. The summed E-state index contributed by atoms with van der Waals surface area (Å²) in [7, 11) is 2.16. The van der Waals surface area contributed by atoms with E-state index in [1.807, 2.05) is 13.1 Å². The first-order valence-corrected chi connectivity index (χ1v) is 6.35. The summed E-state index contributed by atoms with van der Waals surface area (Å²) in [6.45, 7) is 7.66. The van der Waals surface area contributed by atoms with Crippen LogP contribution >= 0.6 is 0 Å². The van der Waals surface area contributed by atoms with E-state index >= 15 is 0 Å². The van der Waals surface area contributed by atoms with Gasteiger partial charge in [-0.3, -0.25) is 0 Å². The Bertz CT molecular complexity index is 596. The number of imidazole rings is 1. The van der Waals surface area contributed by atoms with E-state index in [2.05, 4.69) is 54.0 Å². The molecule has 0 atom stereocenters. The van der Waals surface area contributed by atoms with E-state index in [1.54, 1.807) is 0 Å². The maximum Gasteiger partial charge on any atom is 0.103 e. The molecule has 1 aromatic carbocycles. The van der Waals surface area contributed by atoms with E-state index in [-0.39, 0.29) is 5.41 Å². The fourth-order valence-corrected chi connectivity index (χ4v) is 2.92. The Kier molecular flexibility index (Phi) is 2.27. The largest absolute Gasteiger partial charge is 0.373 e. The highest BCUT2D eigenvalue weighted by Gasteiger charge is 2.33. The van der Waals surface area contributed by atoms with Gasteiger partial charge in [-0.1, -0.05) is 26.0 Å². The van der Waals surface area contributed by atoms with E-state index < -0.39 is 0 Å². The fraction of sp³-hybridized carbons (Fsp3) is 0.400. The van der Waals surface area contributed by atoms with Gasteiger partial charge in [0, 0.05) is 30.3 Å². The summed E-state index contributed by atoms with van der Waals surface area (Å²) in [4.78, 5) is 9.89. The van der Waals surface area contributed by atoms with Crippen molar-refractivity contribution in [3.63, 3.8) is 0 Å². The minimum Gasteiger partial charge on any atom is -0.373 e. The molecule has 3 rings (SSSR count). The van der Waals surface area contributed by atoms with Crippen LogP contribution in [0.1, 0.15) is 25.2 Å². The molecule has 0 unspecified atom stereocenters. The molecule has 0 saturated carbocycles. The second-order valence-corrected chi connectivity index (χ2v) is 5.85. The lowest BCUT2D eigenvalue weighted by atomic mass is 9.86. The molecule has 0 radical (unpaired) electrons. The summed E-state index contributed by atoms with van der Waals surface area (Å²) >= 11 is 0. The van der Waals surface area contributed by atoms with Crippen LogP contribution in [0.15, 0.2) is 24.4 Å². The zero-order chi connectivity index (χ0) is 12.9. The number of hydrogen-bond donors (Lipinski definition) is 1. The summed E-state index contributed by atoms with van der Waals surface area (Å²) in [5.74, 6) is 0.958. The first kappa shape index (κ1) is 11.3. The van der Waals surface area contributed by atoms with E-state index in [1.165, 1.54) is 16.8 Å². The molecule has 2 aromatic rings. The number of likely N-dealkylation sites (N-methyl/N-ethyl adjacent to an activating group) is 1. The molecular weight excluding hydrogens is 222 g/mol. The highest BCUT2D eigenvalue weighted by atomic mass is 15.1. The third-order valence-electron chi connectivity index (χ3n) is 3.78. The molecule has 1 aliphatic heterocycles. The Hall–Kier alpha value is -1.77. The van der Waals surface area contributed by atoms with Crippen LogP contribution in [0.4, 0.5) is 5.69 Å². The summed E-state index contributed by atoms with van der Waals surface area (Å²) in [6, 6.07) is 6.70. The number of hydrogen-bond acceptors (Lipinski definition) is 2. The number of nitrogens with zero attached hydrogens (tertiary/aromatic N) is 2. The molecule has 3 heteroatoms. The van der Waals surface area contributed by atoms with Gasteiger partial charge in [-0.15, -0.1) is 0 Å². The van der Waals surface area contributed by atoms with Crippen LogP contribution in [0.25, 0.3) is 11.3 Å². The van der Waals surface area contributed by atoms with Crippen LogP contribution in [-0.2, 0) is 5.41 Å². The predicted octanol–water partition coefficient (Wildman–Crippen LogP) is 3.11. The van der Waals surface area contributed by atoms with Crippen molar-refractivity contribution in [2.45, 2.75) is 26.2 Å². The molecular formula is C15H19N3. The van der Waals surface area contributed by atoms with E-state index in [9.17, 15) is 0 Å². The molecule has 1 aliphatic rings. The Morgan fingerprint density at radius 2 is 2.11 bits per heavy atom. The lowest BCUT2D eigenvalue weighted by molar-refractivity contribution is 0.563. The molecule has 1 aromatic heterocycles. The molecule has 0 amide bonds. The zero-order valence-corrected chi connectivity index (χ0v) is 11.4. The molecule has 1 N–H and O–H groups in total. The van der Waals surface area contributed by atoms with Crippen LogP contribution in [0.2, 0.25) is 0 Å². The van der Waals surface area contributed by atoms with Gasteiger partial charge >= 0.3 is 0 Å². The standard InChI is InChI=1S/C15H19N3/c1-10-16-8-13(17-10)11-5-6-12-14(7-11)18(4)9-15(12,2)3/h5-8H,9H2,1-4H3,(H,16,17). The quantitative estimate of drug-likeness (QED) is 0.832. The Labute approximate surface area is 108 Å². The first-order chi connectivity index (χ1) is 8.47. The number of fused-ring (bicyclic) bond motifs is 1. The number of aromatic amines is 1. The van der Waals surface area contributed by atoms with Crippen molar-refractivity contribution in [1.29, 1.82) is 0 Å². The van der Waals surface area contributed by atoms with E-state index in [0.29, 0.717) is 0 Å². The predicted molar refractivity (Wildman–Crippen MR) is 75.1 cm³/mol. The molecule has 94 valence electrons. The number of benzene rings is 1. The lowest BCUT2D eigenvalue weighted by Crippen LogP contribution is -2.24. The second kappa shape index (κ2) is 3.61. The molecule has 0 aliphatic carbocycles. The molecule has 0 bridgehead atoms. The Morgan fingerprint density at radius 3 is 2.78 bits per heavy atom. The van der Waals surface area contributed by atoms with Gasteiger partial charge in [0.1, 0.15) is 5.82 Å². The highest BCUT2D eigenvalue weighted by molar-refractivity contribution is 5.71. The minimum absolute atomic E-state index is 0.243. The van der Waals surface area contributed by atoms with Gasteiger partial charge in [0.15, 0.2) is 0 Å². The molecule has 0 fully saturated rings. The number of nitrogens with one attached hydrogen (secondary N) is 1. The van der Waals surface area contributed by atoms with Crippen LogP contribution in [0.3, 0.4) is 0 Å². The third kappa shape index (κ3) is 1.62. The summed E-state index contributed by atoms with van der Waals surface area (Å²) < 4.78 is 0.